The van der Waals surface area contributed by atoms with Crippen LogP contribution in [0.15, 0.2) is 17.3 Å². The van der Waals surface area contributed by atoms with Gasteiger partial charge < -0.3 is 0 Å². The van der Waals surface area contributed by atoms with Crippen LogP contribution in [0.25, 0.3) is 0 Å². The van der Waals surface area contributed by atoms with Gasteiger partial charge in [0.2, 0.25) is 0 Å². The van der Waals surface area contributed by atoms with Gasteiger partial charge in [0, 0.05) is 6.04 Å². The van der Waals surface area contributed by atoms with E-state index in [-0.39, 0.29) is 6.04 Å². The molecule has 0 atom stereocenters. The molecule has 5 heteroatoms. The Morgan fingerprint density at radius 2 is 1.86 bits per heavy atom. The number of nitrogens with zero attached hydrogens (tertiary/aromatic N) is 2. The number of hydrogen-bond donors (Lipinski definition) is 0. The molecule has 0 unspecified atom stereocenters. The molecular weight excluding hydrogens is 200 g/mol. The number of hydrogen-bond acceptors (Lipinski definition) is 3. The summed E-state index contributed by atoms with van der Waals surface area (Å²) in [5.41, 5.74) is 0. The van der Waals surface area contributed by atoms with Crippen LogP contribution in [-0.2, 0) is 9.84 Å². The molecule has 0 spiro atoms. The van der Waals surface area contributed by atoms with E-state index in [1.807, 2.05) is 13.8 Å². The average molecular weight is 216 g/mol. The van der Waals surface area contributed by atoms with Gasteiger partial charge in [-0.05, 0) is 33.8 Å². The van der Waals surface area contributed by atoms with Crippen LogP contribution in [0, 0.1) is 0 Å². The molecule has 0 aliphatic heterocycles. The van der Waals surface area contributed by atoms with Crippen molar-refractivity contribution < 1.29 is 8.42 Å². The van der Waals surface area contributed by atoms with Gasteiger partial charge in [0.25, 0.3) is 0 Å². The molecule has 0 fully saturated rings. The Bertz CT molecular complexity index is 404. The van der Waals surface area contributed by atoms with Gasteiger partial charge in [0.15, 0.2) is 14.9 Å². The molecule has 0 aliphatic carbocycles. The molecule has 1 aromatic rings. The Hall–Kier alpha value is -0.840. The van der Waals surface area contributed by atoms with E-state index in [0.29, 0.717) is 5.03 Å². The Balaban J connectivity index is 3.27. The normalized spacial score (nSPS) is 12.7. The molecule has 0 aromatic carbocycles. The zero-order valence-electron chi connectivity index (χ0n) is 8.93. The molecule has 4 nitrogen and oxygen atoms in total. The van der Waals surface area contributed by atoms with E-state index in [1.165, 1.54) is 10.9 Å². The highest BCUT2D eigenvalue weighted by Gasteiger charge is 2.24. The van der Waals surface area contributed by atoms with Crippen LogP contribution >= 0.6 is 0 Å². The summed E-state index contributed by atoms with van der Waals surface area (Å²) in [5.74, 6) is 0. The topological polar surface area (TPSA) is 52.0 Å². The van der Waals surface area contributed by atoms with Crippen LogP contribution in [0.3, 0.4) is 0 Å². The average Bonchev–Trinajstić information content (AvgIpc) is 2.51. The van der Waals surface area contributed by atoms with Crippen molar-refractivity contribution in [2.75, 3.05) is 0 Å². The quantitative estimate of drug-likeness (QED) is 0.772. The van der Waals surface area contributed by atoms with E-state index in [4.69, 9.17) is 0 Å². The minimum atomic E-state index is -3.21. The first kappa shape index (κ1) is 11.2. The van der Waals surface area contributed by atoms with Crippen molar-refractivity contribution in [3.63, 3.8) is 0 Å². The molecule has 0 amide bonds. The third-order valence-electron chi connectivity index (χ3n) is 2.04. The minimum Gasteiger partial charge on any atom is -0.252 e. The van der Waals surface area contributed by atoms with Crippen molar-refractivity contribution in [2.45, 2.75) is 44.0 Å². The summed E-state index contributed by atoms with van der Waals surface area (Å²) in [7, 11) is -3.21. The molecule has 0 bridgehead atoms. The van der Waals surface area contributed by atoms with Gasteiger partial charge in [-0.2, -0.15) is 5.10 Å². The van der Waals surface area contributed by atoms with Gasteiger partial charge in [0.05, 0.1) is 11.4 Å². The van der Waals surface area contributed by atoms with E-state index in [9.17, 15) is 8.42 Å². The maximum Gasteiger partial charge on any atom is 0.197 e. The van der Waals surface area contributed by atoms with E-state index in [2.05, 4.69) is 5.10 Å². The Morgan fingerprint density at radius 3 is 2.29 bits per heavy atom. The summed E-state index contributed by atoms with van der Waals surface area (Å²) in [6.07, 6.45) is 1.52. The second-order valence-electron chi connectivity index (χ2n) is 3.80. The maximum atomic E-state index is 11.9. The largest absolute Gasteiger partial charge is 0.252 e. The van der Waals surface area contributed by atoms with Gasteiger partial charge in [-0.15, -0.1) is 0 Å². The smallest absolute Gasteiger partial charge is 0.197 e. The summed E-state index contributed by atoms with van der Waals surface area (Å²) in [6.45, 7) is 7.17. The standard InChI is InChI=1S/C9H16N2O2S/c1-7(2)11-9(5-6-10-11)14(12,13)8(3)4/h5-8H,1-4H3. The lowest BCUT2D eigenvalue weighted by molar-refractivity contribution is 0.477. The fourth-order valence-corrected chi connectivity index (χ4v) is 2.41. The second kappa shape index (κ2) is 3.73. The molecule has 0 radical (unpaired) electrons. The first-order valence-electron chi connectivity index (χ1n) is 4.64. The first-order chi connectivity index (χ1) is 6.37. The van der Waals surface area contributed by atoms with Crippen LogP contribution in [0.5, 0.6) is 0 Å². The fraction of sp³-hybridized carbons (Fsp3) is 0.667. The van der Waals surface area contributed by atoms with Crippen LogP contribution in [0.1, 0.15) is 33.7 Å². The molecule has 1 aromatic heterocycles. The van der Waals surface area contributed by atoms with Crippen molar-refractivity contribution in [2.24, 2.45) is 0 Å². The lowest BCUT2D eigenvalue weighted by atomic mass is 10.4. The van der Waals surface area contributed by atoms with E-state index < -0.39 is 15.1 Å². The zero-order valence-corrected chi connectivity index (χ0v) is 9.75. The highest BCUT2D eigenvalue weighted by molar-refractivity contribution is 7.91. The van der Waals surface area contributed by atoms with Crippen molar-refractivity contribution in [3.8, 4) is 0 Å². The van der Waals surface area contributed by atoms with Crippen molar-refractivity contribution in [3.05, 3.63) is 12.3 Å². The van der Waals surface area contributed by atoms with Gasteiger partial charge in [-0.1, -0.05) is 0 Å². The number of rotatable bonds is 3. The van der Waals surface area contributed by atoms with Crippen LogP contribution in [0.4, 0.5) is 0 Å². The minimum absolute atomic E-state index is 0.0634. The van der Waals surface area contributed by atoms with Gasteiger partial charge in [-0.25, -0.2) is 8.42 Å². The summed E-state index contributed by atoms with van der Waals surface area (Å²) in [6, 6.07) is 1.61. The number of aromatic nitrogens is 2. The predicted octanol–water partition coefficient (Wildman–Crippen LogP) is 1.65. The van der Waals surface area contributed by atoms with Crippen molar-refractivity contribution >= 4 is 9.84 Å². The zero-order chi connectivity index (χ0) is 10.9. The molecule has 0 saturated heterocycles. The van der Waals surface area contributed by atoms with E-state index in [0.717, 1.165) is 0 Å². The highest BCUT2D eigenvalue weighted by Crippen LogP contribution is 2.18. The fourth-order valence-electron chi connectivity index (χ4n) is 1.16. The van der Waals surface area contributed by atoms with Crippen molar-refractivity contribution in [1.82, 2.24) is 9.78 Å². The number of sulfone groups is 1. The SMILES string of the molecule is CC(C)n1nccc1S(=O)(=O)C(C)C. The summed E-state index contributed by atoms with van der Waals surface area (Å²) in [5, 5.41) is 3.90. The molecule has 1 rings (SSSR count). The van der Waals surface area contributed by atoms with Crippen molar-refractivity contribution in [1.29, 1.82) is 0 Å². The van der Waals surface area contributed by atoms with Gasteiger partial charge in [0.1, 0.15) is 0 Å². The highest BCUT2D eigenvalue weighted by atomic mass is 32.2. The third kappa shape index (κ3) is 1.82. The molecule has 0 aliphatic rings. The predicted molar refractivity (Wildman–Crippen MR) is 54.9 cm³/mol. The lowest BCUT2D eigenvalue weighted by Gasteiger charge is -2.12. The Morgan fingerprint density at radius 1 is 1.29 bits per heavy atom. The summed E-state index contributed by atoms with van der Waals surface area (Å²) in [4.78, 5) is 0. The van der Waals surface area contributed by atoms with E-state index in [1.54, 1.807) is 19.9 Å². The Labute approximate surface area is 84.9 Å². The van der Waals surface area contributed by atoms with E-state index >= 15 is 0 Å². The maximum absolute atomic E-state index is 11.9. The summed E-state index contributed by atoms with van der Waals surface area (Å²) < 4.78 is 25.3. The monoisotopic (exact) mass is 216 g/mol. The molecule has 0 saturated carbocycles. The van der Waals surface area contributed by atoms with Gasteiger partial charge >= 0.3 is 0 Å². The van der Waals surface area contributed by atoms with Crippen LogP contribution in [0.2, 0.25) is 0 Å². The summed E-state index contributed by atoms with van der Waals surface area (Å²) >= 11 is 0. The first-order valence-corrected chi connectivity index (χ1v) is 6.19. The molecule has 14 heavy (non-hydrogen) atoms. The van der Waals surface area contributed by atoms with Crippen LogP contribution < -0.4 is 0 Å². The molecular formula is C9H16N2O2S. The third-order valence-corrected chi connectivity index (χ3v) is 4.18. The Kier molecular flexibility index (Phi) is 2.99. The molecule has 0 N–H and O–H groups in total. The molecule has 1 heterocycles. The second-order valence-corrected chi connectivity index (χ2v) is 6.25. The van der Waals surface area contributed by atoms with Crippen LogP contribution in [-0.4, -0.2) is 23.4 Å². The van der Waals surface area contributed by atoms with Gasteiger partial charge in [-0.3, -0.25) is 4.68 Å². The lowest BCUT2D eigenvalue weighted by Crippen LogP contribution is -2.19. The molecule has 80 valence electrons.